The molecule has 2 fully saturated rings. The molecule has 0 aliphatic carbocycles. The number of piperidine rings is 1. The SMILES string of the molecule is C=CN=CC1(CC)CC2CCC(C1)N2Cc1ccccc1. The second-order valence-electron chi connectivity index (χ2n) is 6.63. The quantitative estimate of drug-likeness (QED) is 0.730. The van der Waals surface area contributed by atoms with Gasteiger partial charge in [-0.2, -0.15) is 0 Å². The molecule has 2 aliphatic rings. The number of benzene rings is 1. The van der Waals surface area contributed by atoms with Gasteiger partial charge in [-0.3, -0.25) is 9.89 Å². The molecule has 2 nitrogen and oxygen atoms in total. The summed E-state index contributed by atoms with van der Waals surface area (Å²) in [7, 11) is 0. The first-order chi connectivity index (χ1) is 10.3. The van der Waals surface area contributed by atoms with Gasteiger partial charge in [0.15, 0.2) is 0 Å². The molecule has 2 aliphatic heterocycles. The van der Waals surface area contributed by atoms with Gasteiger partial charge in [0.25, 0.3) is 0 Å². The Morgan fingerprint density at radius 2 is 1.90 bits per heavy atom. The van der Waals surface area contributed by atoms with Crippen molar-refractivity contribution in [2.24, 2.45) is 10.4 Å². The molecule has 0 radical (unpaired) electrons. The van der Waals surface area contributed by atoms with Crippen LogP contribution in [0.4, 0.5) is 0 Å². The third kappa shape index (κ3) is 2.96. The van der Waals surface area contributed by atoms with Crippen LogP contribution < -0.4 is 0 Å². The normalized spacial score (nSPS) is 32.6. The Balaban J connectivity index is 1.74. The molecule has 2 heterocycles. The lowest BCUT2D eigenvalue weighted by molar-refractivity contribution is 0.0719. The highest BCUT2D eigenvalue weighted by atomic mass is 15.2. The number of hydrogen-bond acceptors (Lipinski definition) is 2. The Hall–Kier alpha value is -1.41. The van der Waals surface area contributed by atoms with E-state index in [4.69, 9.17) is 0 Å². The first-order valence-electron chi connectivity index (χ1n) is 8.21. The minimum Gasteiger partial charge on any atom is -0.293 e. The van der Waals surface area contributed by atoms with Gasteiger partial charge in [-0.1, -0.05) is 43.8 Å². The maximum Gasteiger partial charge on any atom is 0.0239 e. The molecule has 0 amide bonds. The summed E-state index contributed by atoms with van der Waals surface area (Å²) >= 11 is 0. The average Bonchev–Trinajstić information content (AvgIpc) is 2.77. The van der Waals surface area contributed by atoms with Crippen LogP contribution in [0.25, 0.3) is 0 Å². The molecular formula is C19H26N2. The third-order valence-corrected chi connectivity index (χ3v) is 5.42. The van der Waals surface area contributed by atoms with E-state index in [9.17, 15) is 0 Å². The zero-order valence-electron chi connectivity index (χ0n) is 13.0. The molecule has 0 saturated carbocycles. The lowest BCUT2D eigenvalue weighted by atomic mass is 9.73. The van der Waals surface area contributed by atoms with Crippen molar-refractivity contribution in [3.63, 3.8) is 0 Å². The molecule has 21 heavy (non-hydrogen) atoms. The van der Waals surface area contributed by atoms with E-state index in [1.807, 2.05) is 0 Å². The van der Waals surface area contributed by atoms with Gasteiger partial charge in [0.05, 0.1) is 0 Å². The lowest BCUT2D eigenvalue weighted by Crippen LogP contribution is -2.47. The van der Waals surface area contributed by atoms with Crippen LogP contribution in [0.2, 0.25) is 0 Å². The summed E-state index contributed by atoms with van der Waals surface area (Å²) < 4.78 is 0. The van der Waals surface area contributed by atoms with E-state index >= 15 is 0 Å². The van der Waals surface area contributed by atoms with Crippen molar-refractivity contribution in [2.75, 3.05) is 0 Å². The van der Waals surface area contributed by atoms with Crippen molar-refractivity contribution in [1.29, 1.82) is 0 Å². The van der Waals surface area contributed by atoms with Crippen molar-refractivity contribution in [1.82, 2.24) is 4.90 Å². The molecular weight excluding hydrogens is 256 g/mol. The standard InChI is InChI=1S/C19H26N2/c1-3-19(15-20-4-2)12-17-10-11-18(13-19)21(17)14-16-8-6-5-7-9-16/h4-9,15,17-18H,2-3,10-14H2,1H3. The van der Waals surface area contributed by atoms with E-state index in [-0.39, 0.29) is 0 Å². The maximum atomic E-state index is 4.36. The minimum absolute atomic E-state index is 0.299. The Morgan fingerprint density at radius 3 is 2.48 bits per heavy atom. The average molecular weight is 282 g/mol. The van der Waals surface area contributed by atoms with Gasteiger partial charge in [0, 0.05) is 36.5 Å². The summed E-state index contributed by atoms with van der Waals surface area (Å²) in [4.78, 5) is 7.11. The summed E-state index contributed by atoms with van der Waals surface area (Å²) in [5, 5.41) is 0. The third-order valence-electron chi connectivity index (χ3n) is 5.42. The van der Waals surface area contributed by atoms with Gasteiger partial charge in [0.2, 0.25) is 0 Å². The number of fused-ring (bicyclic) bond motifs is 2. The summed E-state index contributed by atoms with van der Waals surface area (Å²) in [6, 6.07) is 12.3. The van der Waals surface area contributed by atoms with Crippen LogP contribution in [-0.2, 0) is 6.54 Å². The largest absolute Gasteiger partial charge is 0.293 e. The Labute approximate surface area is 128 Å². The van der Waals surface area contributed by atoms with E-state index in [0.29, 0.717) is 5.41 Å². The fourth-order valence-electron chi connectivity index (χ4n) is 4.22. The zero-order valence-corrected chi connectivity index (χ0v) is 13.0. The van der Waals surface area contributed by atoms with Gasteiger partial charge >= 0.3 is 0 Å². The van der Waals surface area contributed by atoms with Crippen LogP contribution >= 0.6 is 0 Å². The molecule has 1 aromatic carbocycles. The van der Waals surface area contributed by atoms with Gasteiger partial charge in [0.1, 0.15) is 0 Å². The molecule has 0 N–H and O–H groups in total. The van der Waals surface area contributed by atoms with Crippen molar-refractivity contribution in [3.8, 4) is 0 Å². The number of nitrogens with zero attached hydrogens (tertiary/aromatic N) is 2. The van der Waals surface area contributed by atoms with Crippen LogP contribution in [0.1, 0.15) is 44.6 Å². The molecule has 3 rings (SSSR count). The first kappa shape index (κ1) is 14.5. The van der Waals surface area contributed by atoms with Crippen LogP contribution in [0.15, 0.2) is 48.1 Å². The van der Waals surface area contributed by atoms with Crippen LogP contribution in [0, 0.1) is 5.41 Å². The van der Waals surface area contributed by atoms with Crippen LogP contribution in [-0.4, -0.2) is 23.2 Å². The summed E-state index contributed by atoms with van der Waals surface area (Å²) in [5.74, 6) is 0. The van der Waals surface area contributed by atoms with Gasteiger partial charge in [-0.15, -0.1) is 0 Å². The van der Waals surface area contributed by atoms with Crippen LogP contribution in [0.5, 0.6) is 0 Å². The molecule has 0 aromatic heterocycles. The second kappa shape index (κ2) is 6.15. The molecule has 0 spiro atoms. The Morgan fingerprint density at radius 1 is 1.24 bits per heavy atom. The Kier molecular flexibility index (Phi) is 4.25. The second-order valence-corrected chi connectivity index (χ2v) is 6.63. The monoisotopic (exact) mass is 282 g/mol. The molecule has 2 bridgehead atoms. The summed E-state index contributed by atoms with van der Waals surface area (Å²) in [5.41, 5.74) is 1.74. The molecule has 2 unspecified atom stereocenters. The van der Waals surface area contributed by atoms with Gasteiger partial charge in [-0.25, -0.2) is 0 Å². The van der Waals surface area contributed by atoms with E-state index in [1.165, 1.54) is 37.7 Å². The zero-order chi connectivity index (χ0) is 14.7. The van der Waals surface area contributed by atoms with Crippen molar-refractivity contribution >= 4 is 6.21 Å². The predicted molar refractivity (Wildman–Crippen MR) is 89.4 cm³/mol. The fourth-order valence-corrected chi connectivity index (χ4v) is 4.22. The molecule has 112 valence electrons. The van der Waals surface area contributed by atoms with Gasteiger partial charge < -0.3 is 0 Å². The summed E-state index contributed by atoms with van der Waals surface area (Å²) in [6.07, 6.45) is 10.3. The van der Waals surface area contributed by atoms with E-state index in [0.717, 1.165) is 18.6 Å². The number of rotatable bonds is 5. The Bertz CT molecular complexity index is 492. The first-order valence-corrected chi connectivity index (χ1v) is 8.21. The molecule has 2 heteroatoms. The lowest BCUT2D eigenvalue weighted by Gasteiger charge is -2.44. The van der Waals surface area contributed by atoms with Crippen molar-refractivity contribution < 1.29 is 0 Å². The molecule has 2 saturated heterocycles. The highest BCUT2D eigenvalue weighted by Gasteiger charge is 2.46. The fraction of sp³-hybridized carbons (Fsp3) is 0.526. The number of hydrogen-bond donors (Lipinski definition) is 0. The van der Waals surface area contributed by atoms with Crippen LogP contribution in [0.3, 0.4) is 0 Å². The predicted octanol–water partition coefficient (Wildman–Crippen LogP) is 4.42. The van der Waals surface area contributed by atoms with E-state index in [2.05, 4.69) is 59.9 Å². The van der Waals surface area contributed by atoms with Gasteiger partial charge in [-0.05, 0) is 37.7 Å². The van der Waals surface area contributed by atoms with Crippen molar-refractivity contribution in [2.45, 2.75) is 57.7 Å². The molecule has 2 atom stereocenters. The minimum atomic E-state index is 0.299. The highest BCUT2D eigenvalue weighted by molar-refractivity contribution is 5.67. The van der Waals surface area contributed by atoms with E-state index in [1.54, 1.807) is 6.20 Å². The molecule has 1 aromatic rings. The topological polar surface area (TPSA) is 15.6 Å². The van der Waals surface area contributed by atoms with Crippen molar-refractivity contribution in [3.05, 3.63) is 48.7 Å². The number of aliphatic imine (C=N–C) groups is 1. The smallest absolute Gasteiger partial charge is 0.0239 e. The highest BCUT2D eigenvalue weighted by Crippen LogP contribution is 2.47. The maximum absolute atomic E-state index is 4.36. The summed E-state index contributed by atoms with van der Waals surface area (Å²) in [6.45, 7) is 7.14. The van der Waals surface area contributed by atoms with E-state index < -0.39 is 0 Å².